The summed E-state index contributed by atoms with van der Waals surface area (Å²) in [7, 11) is 0. The topological polar surface area (TPSA) is 127 Å². The minimum atomic E-state index is -4.44. The zero-order chi connectivity index (χ0) is 22.1. The van der Waals surface area contributed by atoms with Crippen LogP contribution in [0.5, 0.6) is 5.88 Å². The standard InChI is InChI=1S/C18H22F3N7O2/c1-11(2)7-26-16(22)28-17-23-6-5-13(27-17)15(29)25-9-12-3-4-14(24-8-12)30-10-18(19,20)21/h3-6,8,11H,7,9-10H2,1-2H3,(H,25,29)(H3,22,23,26,27,28). The van der Waals surface area contributed by atoms with Crippen LogP contribution in [0, 0.1) is 5.92 Å². The monoisotopic (exact) mass is 425 g/mol. The van der Waals surface area contributed by atoms with Crippen molar-refractivity contribution in [2.24, 2.45) is 16.6 Å². The van der Waals surface area contributed by atoms with E-state index in [1.807, 2.05) is 13.8 Å². The van der Waals surface area contributed by atoms with E-state index >= 15 is 0 Å². The van der Waals surface area contributed by atoms with E-state index in [9.17, 15) is 18.0 Å². The zero-order valence-electron chi connectivity index (χ0n) is 16.4. The smallest absolute Gasteiger partial charge is 0.422 e. The number of amides is 1. The van der Waals surface area contributed by atoms with Crippen molar-refractivity contribution < 1.29 is 22.7 Å². The van der Waals surface area contributed by atoms with Gasteiger partial charge in [0, 0.05) is 31.5 Å². The van der Waals surface area contributed by atoms with Gasteiger partial charge in [-0.05, 0) is 17.5 Å². The van der Waals surface area contributed by atoms with Gasteiger partial charge in [-0.25, -0.2) is 15.0 Å². The lowest BCUT2D eigenvalue weighted by Crippen LogP contribution is -2.27. The highest BCUT2D eigenvalue weighted by Crippen LogP contribution is 2.17. The predicted octanol–water partition coefficient (Wildman–Crippen LogP) is 2.13. The molecule has 0 atom stereocenters. The van der Waals surface area contributed by atoms with E-state index in [2.05, 4.69) is 35.3 Å². The highest BCUT2D eigenvalue weighted by atomic mass is 19.4. The molecule has 0 saturated carbocycles. The summed E-state index contributed by atoms with van der Waals surface area (Å²) in [6, 6.07) is 4.21. The minimum absolute atomic E-state index is 0.0934. The SMILES string of the molecule is CC(C)CN=C(N)Nc1nccc(C(=O)NCc2ccc(OCC(F)(F)F)nc2)n1. The van der Waals surface area contributed by atoms with Gasteiger partial charge in [0.2, 0.25) is 11.8 Å². The molecule has 0 aliphatic heterocycles. The van der Waals surface area contributed by atoms with Crippen molar-refractivity contribution in [2.75, 3.05) is 18.5 Å². The van der Waals surface area contributed by atoms with Crippen molar-refractivity contribution in [3.05, 3.63) is 41.9 Å². The Morgan fingerprint density at radius 2 is 2.03 bits per heavy atom. The lowest BCUT2D eigenvalue weighted by molar-refractivity contribution is -0.154. The van der Waals surface area contributed by atoms with Crippen molar-refractivity contribution in [1.29, 1.82) is 0 Å². The van der Waals surface area contributed by atoms with Gasteiger partial charge in [0.15, 0.2) is 12.6 Å². The average Bonchev–Trinajstić information content (AvgIpc) is 2.69. The highest BCUT2D eigenvalue weighted by molar-refractivity contribution is 5.94. The predicted molar refractivity (Wildman–Crippen MR) is 104 cm³/mol. The number of hydrogen-bond acceptors (Lipinski definition) is 6. The van der Waals surface area contributed by atoms with E-state index in [1.54, 1.807) is 0 Å². The molecular weight excluding hydrogens is 403 g/mol. The number of halogens is 3. The maximum Gasteiger partial charge on any atom is 0.422 e. The number of ether oxygens (including phenoxy) is 1. The number of guanidine groups is 1. The van der Waals surface area contributed by atoms with Crippen LogP contribution in [-0.2, 0) is 6.54 Å². The number of aromatic nitrogens is 3. The third-order valence-corrected chi connectivity index (χ3v) is 3.39. The Bertz CT molecular complexity index is 871. The van der Waals surface area contributed by atoms with Crippen LogP contribution in [0.2, 0.25) is 0 Å². The maximum absolute atomic E-state index is 12.3. The fourth-order valence-electron chi connectivity index (χ4n) is 2.01. The number of nitrogens with two attached hydrogens (primary N) is 1. The van der Waals surface area contributed by atoms with Crippen LogP contribution >= 0.6 is 0 Å². The van der Waals surface area contributed by atoms with Gasteiger partial charge in [0.05, 0.1) is 0 Å². The molecule has 0 unspecified atom stereocenters. The Morgan fingerprint density at radius 1 is 1.27 bits per heavy atom. The summed E-state index contributed by atoms with van der Waals surface area (Å²) < 4.78 is 40.9. The molecule has 0 saturated heterocycles. The van der Waals surface area contributed by atoms with Gasteiger partial charge < -0.3 is 15.8 Å². The molecule has 0 aromatic carbocycles. The molecule has 12 heteroatoms. The van der Waals surface area contributed by atoms with Crippen LogP contribution in [-0.4, -0.2) is 46.1 Å². The first-order valence-corrected chi connectivity index (χ1v) is 8.95. The Kier molecular flexibility index (Phi) is 7.90. The van der Waals surface area contributed by atoms with Crippen molar-refractivity contribution in [3.8, 4) is 5.88 Å². The third kappa shape index (κ3) is 8.29. The summed E-state index contributed by atoms with van der Waals surface area (Å²) in [4.78, 5) is 28.2. The number of aliphatic imine (C=N–C) groups is 1. The number of alkyl halides is 3. The lowest BCUT2D eigenvalue weighted by Gasteiger charge is -2.09. The lowest BCUT2D eigenvalue weighted by atomic mass is 10.2. The molecule has 0 spiro atoms. The van der Waals surface area contributed by atoms with Crippen molar-refractivity contribution in [3.63, 3.8) is 0 Å². The number of anilines is 1. The average molecular weight is 425 g/mol. The van der Waals surface area contributed by atoms with Crippen molar-refractivity contribution in [1.82, 2.24) is 20.3 Å². The molecule has 4 N–H and O–H groups in total. The molecule has 2 aromatic rings. The molecule has 2 rings (SSSR count). The summed E-state index contributed by atoms with van der Waals surface area (Å²) in [5.74, 6) is -0.0371. The van der Waals surface area contributed by atoms with Crippen LogP contribution in [0.3, 0.4) is 0 Å². The zero-order valence-corrected chi connectivity index (χ0v) is 16.4. The van der Waals surface area contributed by atoms with Gasteiger partial charge in [-0.15, -0.1) is 0 Å². The number of nitrogens with zero attached hydrogens (tertiary/aromatic N) is 4. The van der Waals surface area contributed by atoms with Crippen LogP contribution < -0.4 is 21.1 Å². The largest absolute Gasteiger partial charge is 0.468 e. The van der Waals surface area contributed by atoms with Crippen LogP contribution in [0.4, 0.5) is 19.1 Å². The summed E-state index contributed by atoms with van der Waals surface area (Å²) in [5, 5.41) is 5.35. The molecule has 30 heavy (non-hydrogen) atoms. The molecular formula is C18H22F3N7O2. The number of pyridine rings is 1. The van der Waals surface area contributed by atoms with Gasteiger partial charge in [-0.1, -0.05) is 19.9 Å². The van der Waals surface area contributed by atoms with E-state index in [1.165, 1.54) is 30.6 Å². The second-order valence-electron chi connectivity index (χ2n) is 6.60. The third-order valence-electron chi connectivity index (χ3n) is 3.39. The summed E-state index contributed by atoms with van der Waals surface area (Å²) >= 11 is 0. The molecule has 162 valence electrons. The first-order valence-electron chi connectivity index (χ1n) is 8.95. The second-order valence-corrected chi connectivity index (χ2v) is 6.60. The normalized spacial score (nSPS) is 12.0. The number of hydrogen-bond donors (Lipinski definition) is 3. The van der Waals surface area contributed by atoms with E-state index in [0.717, 1.165) is 0 Å². The Hall–Kier alpha value is -3.44. The Balaban J connectivity index is 1.89. The highest BCUT2D eigenvalue weighted by Gasteiger charge is 2.28. The molecule has 0 aliphatic rings. The molecule has 2 heterocycles. The maximum atomic E-state index is 12.3. The van der Waals surface area contributed by atoms with Gasteiger partial charge in [0.25, 0.3) is 5.91 Å². The van der Waals surface area contributed by atoms with E-state index < -0.39 is 18.7 Å². The van der Waals surface area contributed by atoms with Gasteiger partial charge >= 0.3 is 6.18 Å². The molecule has 0 fully saturated rings. The molecule has 0 aliphatic carbocycles. The van der Waals surface area contributed by atoms with Crippen LogP contribution in [0.1, 0.15) is 29.9 Å². The van der Waals surface area contributed by atoms with Crippen LogP contribution in [0.15, 0.2) is 35.6 Å². The summed E-state index contributed by atoms with van der Waals surface area (Å²) in [6.45, 7) is 3.20. The quantitative estimate of drug-likeness (QED) is 0.437. The molecule has 2 aromatic heterocycles. The molecule has 1 amide bonds. The van der Waals surface area contributed by atoms with E-state index in [4.69, 9.17) is 5.73 Å². The number of nitrogens with one attached hydrogen (secondary N) is 2. The fraction of sp³-hybridized carbons (Fsp3) is 0.389. The van der Waals surface area contributed by atoms with Crippen molar-refractivity contribution in [2.45, 2.75) is 26.6 Å². The van der Waals surface area contributed by atoms with Gasteiger partial charge in [-0.3, -0.25) is 15.1 Å². The van der Waals surface area contributed by atoms with Crippen LogP contribution in [0.25, 0.3) is 0 Å². The van der Waals surface area contributed by atoms with Gasteiger partial charge in [-0.2, -0.15) is 13.2 Å². The van der Waals surface area contributed by atoms with E-state index in [0.29, 0.717) is 18.0 Å². The number of carbonyl (C=O) groups is 1. The summed E-state index contributed by atoms with van der Waals surface area (Å²) in [6.07, 6.45) is -1.73. The molecule has 9 nitrogen and oxygen atoms in total. The van der Waals surface area contributed by atoms with E-state index in [-0.39, 0.29) is 30.0 Å². The fourth-order valence-corrected chi connectivity index (χ4v) is 2.01. The first-order chi connectivity index (χ1) is 14.1. The van der Waals surface area contributed by atoms with Gasteiger partial charge in [0.1, 0.15) is 5.69 Å². The van der Waals surface area contributed by atoms with Crippen molar-refractivity contribution >= 4 is 17.8 Å². The minimum Gasteiger partial charge on any atom is -0.468 e. The first kappa shape index (κ1) is 22.8. The Labute approximate surface area is 171 Å². The summed E-state index contributed by atoms with van der Waals surface area (Å²) in [5.41, 5.74) is 6.42. The Morgan fingerprint density at radius 3 is 2.67 bits per heavy atom. The molecule has 0 radical (unpaired) electrons. The number of carbonyl (C=O) groups excluding carboxylic acids is 1. The number of rotatable bonds is 8. The molecule has 0 bridgehead atoms. The second kappa shape index (κ2) is 10.4.